The van der Waals surface area contributed by atoms with E-state index in [2.05, 4.69) is 4.98 Å². The highest BCUT2D eigenvalue weighted by Gasteiger charge is 2.13. The van der Waals surface area contributed by atoms with Gasteiger partial charge in [0.1, 0.15) is 11.4 Å². The summed E-state index contributed by atoms with van der Waals surface area (Å²) >= 11 is 0. The van der Waals surface area contributed by atoms with Crippen LogP contribution >= 0.6 is 0 Å². The summed E-state index contributed by atoms with van der Waals surface area (Å²) in [6.45, 7) is 0.0756. The minimum Gasteiger partial charge on any atom is -0.495 e. The number of methoxy groups -OCH3 is 1. The van der Waals surface area contributed by atoms with Gasteiger partial charge in [-0.15, -0.1) is 0 Å². The first-order valence-corrected chi connectivity index (χ1v) is 4.57. The molecule has 1 aromatic heterocycles. The summed E-state index contributed by atoms with van der Waals surface area (Å²) in [5.74, 6) is 0.581. The van der Waals surface area contributed by atoms with Gasteiger partial charge in [-0.05, 0) is 25.0 Å². The molecule has 4 nitrogen and oxygen atoms in total. The summed E-state index contributed by atoms with van der Waals surface area (Å²) in [5.41, 5.74) is 0.531. The van der Waals surface area contributed by atoms with E-state index in [1.807, 2.05) is 0 Å². The van der Waals surface area contributed by atoms with E-state index in [1.165, 1.54) is 0 Å². The predicted octanol–water partition coefficient (Wildman–Crippen LogP) is 0.896. The SMILES string of the molecule is COc1cccnc1C(O)CCCO. The summed E-state index contributed by atoms with van der Waals surface area (Å²) in [5, 5.41) is 18.3. The zero-order valence-corrected chi connectivity index (χ0v) is 8.18. The van der Waals surface area contributed by atoms with Crippen molar-refractivity contribution in [3.8, 4) is 5.75 Å². The van der Waals surface area contributed by atoms with E-state index in [0.29, 0.717) is 24.3 Å². The summed E-state index contributed by atoms with van der Waals surface area (Å²) < 4.78 is 5.06. The van der Waals surface area contributed by atoms with Gasteiger partial charge in [-0.2, -0.15) is 0 Å². The third kappa shape index (κ3) is 2.68. The molecular formula is C10H15NO3. The lowest BCUT2D eigenvalue weighted by atomic mass is 10.1. The van der Waals surface area contributed by atoms with Crippen molar-refractivity contribution in [1.82, 2.24) is 4.98 Å². The van der Waals surface area contributed by atoms with Crippen molar-refractivity contribution in [2.45, 2.75) is 18.9 Å². The average molecular weight is 197 g/mol. The molecule has 78 valence electrons. The monoisotopic (exact) mass is 197 g/mol. The Labute approximate surface area is 83.2 Å². The van der Waals surface area contributed by atoms with Crippen molar-refractivity contribution in [3.05, 3.63) is 24.0 Å². The van der Waals surface area contributed by atoms with Gasteiger partial charge in [-0.25, -0.2) is 0 Å². The molecule has 0 spiro atoms. The number of aliphatic hydroxyl groups excluding tert-OH is 2. The Balaban J connectivity index is 2.72. The Bertz CT molecular complexity index is 278. The topological polar surface area (TPSA) is 62.6 Å². The second kappa shape index (κ2) is 5.57. The molecule has 0 aliphatic carbocycles. The number of aromatic nitrogens is 1. The van der Waals surface area contributed by atoms with Crippen molar-refractivity contribution in [1.29, 1.82) is 0 Å². The van der Waals surface area contributed by atoms with Crippen LogP contribution in [0.5, 0.6) is 5.75 Å². The van der Waals surface area contributed by atoms with E-state index in [4.69, 9.17) is 9.84 Å². The first kappa shape index (κ1) is 10.9. The molecule has 1 atom stereocenters. The third-order valence-corrected chi connectivity index (χ3v) is 1.97. The van der Waals surface area contributed by atoms with Crippen LogP contribution in [0.25, 0.3) is 0 Å². The molecular weight excluding hydrogens is 182 g/mol. The van der Waals surface area contributed by atoms with Crippen LogP contribution in [0, 0.1) is 0 Å². The van der Waals surface area contributed by atoms with Gasteiger partial charge in [0.15, 0.2) is 0 Å². The van der Waals surface area contributed by atoms with Crippen LogP contribution in [0.4, 0.5) is 0 Å². The molecule has 2 N–H and O–H groups in total. The Kier molecular flexibility index (Phi) is 4.35. The molecule has 14 heavy (non-hydrogen) atoms. The van der Waals surface area contributed by atoms with E-state index in [-0.39, 0.29) is 6.61 Å². The highest BCUT2D eigenvalue weighted by molar-refractivity contribution is 5.28. The zero-order valence-electron chi connectivity index (χ0n) is 8.18. The van der Waals surface area contributed by atoms with Crippen molar-refractivity contribution >= 4 is 0 Å². The summed E-state index contributed by atoms with van der Waals surface area (Å²) in [6.07, 6.45) is 1.99. The molecule has 0 bridgehead atoms. The van der Waals surface area contributed by atoms with Crippen LogP contribution in [0.3, 0.4) is 0 Å². The van der Waals surface area contributed by atoms with Gasteiger partial charge in [0.05, 0.1) is 13.2 Å². The Hall–Kier alpha value is -1.13. The average Bonchev–Trinajstić information content (AvgIpc) is 2.25. The van der Waals surface area contributed by atoms with E-state index in [0.717, 1.165) is 0 Å². The Morgan fingerprint density at radius 2 is 2.36 bits per heavy atom. The van der Waals surface area contributed by atoms with Gasteiger partial charge >= 0.3 is 0 Å². The molecule has 4 heteroatoms. The number of nitrogens with zero attached hydrogens (tertiary/aromatic N) is 1. The lowest BCUT2D eigenvalue weighted by Gasteiger charge is -2.12. The molecule has 1 aromatic rings. The normalized spacial score (nSPS) is 12.5. The summed E-state index contributed by atoms with van der Waals surface area (Å²) in [6, 6.07) is 3.51. The van der Waals surface area contributed by atoms with Crippen molar-refractivity contribution in [2.24, 2.45) is 0 Å². The van der Waals surface area contributed by atoms with Crippen LogP contribution in [0.2, 0.25) is 0 Å². The van der Waals surface area contributed by atoms with Crippen molar-refractivity contribution in [3.63, 3.8) is 0 Å². The standard InChI is InChI=1S/C10H15NO3/c1-14-9-5-2-6-11-10(9)8(13)4-3-7-12/h2,5-6,8,12-13H,3-4,7H2,1H3. The van der Waals surface area contributed by atoms with E-state index in [1.54, 1.807) is 25.4 Å². The lowest BCUT2D eigenvalue weighted by molar-refractivity contribution is 0.144. The number of aliphatic hydroxyl groups is 2. The van der Waals surface area contributed by atoms with E-state index < -0.39 is 6.10 Å². The van der Waals surface area contributed by atoms with E-state index in [9.17, 15) is 5.11 Å². The molecule has 0 aromatic carbocycles. The first-order valence-electron chi connectivity index (χ1n) is 4.57. The molecule has 0 aliphatic heterocycles. The molecule has 1 rings (SSSR count). The second-order valence-corrected chi connectivity index (χ2v) is 2.97. The quantitative estimate of drug-likeness (QED) is 0.736. The molecule has 0 saturated heterocycles. The molecule has 0 aliphatic rings. The van der Waals surface area contributed by atoms with Crippen molar-refractivity contribution < 1.29 is 14.9 Å². The number of hydrogen-bond donors (Lipinski definition) is 2. The lowest BCUT2D eigenvalue weighted by Crippen LogP contribution is -2.04. The van der Waals surface area contributed by atoms with E-state index >= 15 is 0 Å². The number of pyridine rings is 1. The third-order valence-electron chi connectivity index (χ3n) is 1.97. The van der Waals surface area contributed by atoms with Gasteiger partial charge in [0.25, 0.3) is 0 Å². The molecule has 0 saturated carbocycles. The largest absolute Gasteiger partial charge is 0.495 e. The minimum absolute atomic E-state index is 0.0756. The van der Waals surface area contributed by atoms with Gasteiger partial charge in [0, 0.05) is 12.8 Å². The molecule has 0 radical (unpaired) electrons. The van der Waals surface area contributed by atoms with Crippen LogP contribution in [-0.2, 0) is 0 Å². The second-order valence-electron chi connectivity index (χ2n) is 2.97. The fraction of sp³-hybridized carbons (Fsp3) is 0.500. The molecule has 0 amide bonds. The maximum Gasteiger partial charge on any atom is 0.143 e. The van der Waals surface area contributed by atoms with Crippen LogP contribution in [-0.4, -0.2) is 28.9 Å². The van der Waals surface area contributed by atoms with Crippen LogP contribution in [0.15, 0.2) is 18.3 Å². The molecule has 1 heterocycles. The fourth-order valence-corrected chi connectivity index (χ4v) is 1.25. The zero-order chi connectivity index (χ0) is 10.4. The highest BCUT2D eigenvalue weighted by atomic mass is 16.5. The summed E-state index contributed by atoms with van der Waals surface area (Å²) in [4.78, 5) is 4.05. The van der Waals surface area contributed by atoms with Crippen LogP contribution < -0.4 is 4.74 Å². The molecule has 1 unspecified atom stereocenters. The molecule has 0 fully saturated rings. The number of hydrogen-bond acceptors (Lipinski definition) is 4. The smallest absolute Gasteiger partial charge is 0.143 e. The Morgan fingerprint density at radius 1 is 1.57 bits per heavy atom. The summed E-state index contributed by atoms with van der Waals surface area (Å²) in [7, 11) is 1.54. The fourth-order valence-electron chi connectivity index (χ4n) is 1.25. The predicted molar refractivity (Wildman–Crippen MR) is 52.1 cm³/mol. The van der Waals surface area contributed by atoms with Gasteiger partial charge < -0.3 is 14.9 Å². The number of rotatable bonds is 5. The van der Waals surface area contributed by atoms with Gasteiger partial charge in [0.2, 0.25) is 0 Å². The van der Waals surface area contributed by atoms with Crippen LogP contribution in [0.1, 0.15) is 24.6 Å². The van der Waals surface area contributed by atoms with Gasteiger partial charge in [-0.1, -0.05) is 0 Å². The Morgan fingerprint density at radius 3 is 3.00 bits per heavy atom. The minimum atomic E-state index is -0.668. The highest BCUT2D eigenvalue weighted by Crippen LogP contribution is 2.24. The maximum absolute atomic E-state index is 9.71. The first-order chi connectivity index (χ1) is 6.79. The maximum atomic E-state index is 9.71. The number of ether oxygens (including phenoxy) is 1. The van der Waals surface area contributed by atoms with Crippen molar-refractivity contribution in [2.75, 3.05) is 13.7 Å². The van der Waals surface area contributed by atoms with Gasteiger partial charge in [-0.3, -0.25) is 4.98 Å².